The zero-order chi connectivity index (χ0) is 9.40. The Balaban J connectivity index is 3.83. The molecule has 0 fully saturated rings. The van der Waals surface area contributed by atoms with Gasteiger partial charge in [0.1, 0.15) is 0 Å². The van der Waals surface area contributed by atoms with Crippen LogP contribution >= 0.6 is 24.4 Å². The first-order valence-electron chi connectivity index (χ1n) is 3.41. The van der Waals surface area contributed by atoms with Gasteiger partial charge in [-0.05, 0) is 12.2 Å². The summed E-state index contributed by atoms with van der Waals surface area (Å²) in [6, 6.07) is 0. The lowest BCUT2D eigenvalue weighted by Crippen LogP contribution is -2.31. The molecular formula is C6H12N4S2. The van der Waals surface area contributed by atoms with Crippen LogP contribution in [0.4, 0.5) is 0 Å². The van der Waals surface area contributed by atoms with Gasteiger partial charge in [0.25, 0.3) is 0 Å². The van der Waals surface area contributed by atoms with E-state index in [4.69, 9.17) is 11.1 Å². The van der Waals surface area contributed by atoms with Crippen LogP contribution in [0, 0.1) is 11.5 Å². The average molecular weight is 204 g/mol. The molecule has 0 aromatic heterocycles. The second kappa shape index (κ2) is 7.28. The molecule has 0 aliphatic carbocycles. The number of thioether (sulfide) groups is 1. The summed E-state index contributed by atoms with van der Waals surface area (Å²) in [5, 5.41) is 10.2. The van der Waals surface area contributed by atoms with Crippen molar-refractivity contribution in [3.63, 3.8) is 0 Å². The first kappa shape index (κ1) is 11.6. The molecule has 68 valence electrons. The van der Waals surface area contributed by atoms with Crippen LogP contribution in [-0.4, -0.2) is 28.7 Å². The number of hydrogen-bond donors (Lipinski definition) is 2. The van der Waals surface area contributed by atoms with E-state index in [9.17, 15) is 0 Å². The van der Waals surface area contributed by atoms with Gasteiger partial charge in [0, 0.05) is 12.8 Å². The Hall–Kier alpha value is -0.380. The van der Waals surface area contributed by atoms with E-state index in [0.29, 0.717) is 5.17 Å². The van der Waals surface area contributed by atoms with Crippen LogP contribution in [-0.2, 0) is 0 Å². The van der Waals surface area contributed by atoms with Crippen LogP contribution in [0.1, 0.15) is 6.42 Å². The number of hydrazine groups is 1. The first-order valence-corrected chi connectivity index (χ1v) is 5.03. The minimum atomic E-state index is 0.541. The van der Waals surface area contributed by atoms with Crippen molar-refractivity contribution >= 4 is 29.6 Å². The number of rotatable bonds is 3. The molecule has 0 saturated heterocycles. The quantitative estimate of drug-likeness (QED) is 0.135. The van der Waals surface area contributed by atoms with E-state index < -0.39 is 0 Å². The van der Waals surface area contributed by atoms with Crippen LogP contribution < -0.4 is 5.84 Å². The van der Waals surface area contributed by atoms with Crippen molar-refractivity contribution in [2.45, 2.75) is 6.42 Å². The van der Waals surface area contributed by atoms with E-state index in [1.165, 1.54) is 16.8 Å². The summed E-state index contributed by atoms with van der Waals surface area (Å²) in [6.45, 7) is 0. The fourth-order valence-electron chi connectivity index (χ4n) is 0.484. The van der Waals surface area contributed by atoms with Gasteiger partial charge in [-0.25, -0.2) is 5.84 Å². The molecule has 0 radical (unpaired) electrons. The lowest BCUT2D eigenvalue weighted by molar-refractivity contribution is 0.550. The topological polar surface area (TPSA) is 65.4 Å². The number of hydrogen-bond acceptors (Lipinski definition) is 5. The third kappa shape index (κ3) is 5.29. The Bertz CT molecular complexity index is 184. The third-order valence-electron chi connectivity index (χ3n) is 0.981. The van der Waals surface area contributed by atoms with Crippen LogP contribution in [0.15, 0.2) is 4.99 Å². The maximum Gasteiger partial charge on any atom is 0.208 e. The number of nitrogens with zero attached hydrogens (tertiary/aromatic N) is 3. The van der Waals surface area contributed by atoms with Crippen molar-refractivity contribution in [2.24, 2.45) is 10.8 Å². The molecule has 2 N–H and O–H groups in total. The van der Waals surface area contributed by atoms with Gasteiger partial charge in [0.15, 0.2) is 5.17 Å². The summed E-state index contributed by atoms with van der Waals surface area (Å²) < 4.78 is 0. The number of nitrogens with two attached hydrogens (primary N) is 1. The second-order valence-corrected chi connectivity index (χ2v) is 3.54. The molecule has 0 aromatic rings. The monoisotopic (exact) mass is 204 g/mol. The molecule has 0 aliphatic heterocycles. The predicted molar refractivity (Wildman–Crippen MR) is 55.9 cm³/mol. The molecule has 6 heteroatoms. The highest BCUT2D eigenvalue weighted by Crippen LogP contribution is 2.07. The lowest BCUT2D eigenvalue weighted by Gasteiger charge is -2.11. The molecule has 0 bridgehead atoms. The molecule has 0 unspecified atom stereocenters. The molecule has 0 spiro atoms. The Morgan fingerprint density at radius 3 is 2.92 bits per heavy atom. The molecule has 0 aliphatic rings. The van der Waals surface area contributed by atoms with E-state index in [2.05, 4.69) is 17.6 Å². The molecule has 4 nitrogen and oxygen atoms in total. The minimum Gasteiger partial charge on any atom is -0.292 e. The zero-order valence-electron chi connectivity index (χ0n) is 6.90. The van der Waals surface area contributed by atoms with Gasteiger partial charge in [-0.1, -0.05) is 11.8 Å². The fraction of sp³-hybridized carbons (Fsp3) is 0.667. The smallest absolute Gasteiger partial charge is 0.208 e. The molecule has 0 heterocycles. The Kier molecular flexibility index (Phi) is 7.05. The highest BCUT2D eigenvalue weighted by atomic mass is 32.2. The van der Waals surface area contributed by atoms with Crippen LogP contribution in [0.2, 0.25) is 0 Å². The van der Waals surface area contributed by atoms with Crippen molar-refractivity contribution in [2.75, 3.05) is 18.6 Å². The standard InChI is InChI=1S/C6H12N4S2/c1-10(8)6(9-5-7)12-4-2-3-11/h11H,2-4,8H2,1H3. The molecule has 0 saturated carbocycles. The summed E-state index contributed by atoms with van der Waals surface area (Å²) in [6.07, 6.45) is 2.68. The fourth-order valence-corrected chi connectivity index (χ4v) is 1.64. The number of thiol groups is 1. The van der Waals surface area contributed by atoms with Crippen LogP contribution in [0.25, 0.3) is 0 Å². The Labute approximate surface area is 82.2 Å². The van der Waals surface area contributed by atoms with Gasteiger partial charge < -0.3 is 0 Å². The maximum absolute atomic E-state index is 8.29. The van der Waals surface area contributed by atoms with Gasteiger partial charge in [-0.2, -0.15) is 17.9 Å². The van der Waals surface area contributed by atoms with Crippen molar-refractivity contribution in [3.05, 3.63) is 0 Å². The minimum absolute atomic E-state index is 0.541. The largest absolute Gasteiger partial charge is 0.292 e. The normalized spacial score (nSPS) is 11.0. The SMILES string of the molecule is CN(N)C(=NC#N)SCCCS. The number of nitriles is 1. The van der Waals surface area contributed by atoms with E-state index in [1.54, 1.807) is 13.2 Å². The molecule has 0 amide bonds. The molecule has 0 rings (SSSR count). The van der Waals surface area contributed by atoms with Crippen molar-refractivity contribution < 1.29 is 0 Å². The Morgan fingerprint density at radius 1 is 1.83 bits per heavy atom. The zero-order valence-corrected chi connectivity index (χ0v) is 8.61. The Morgan fingerprint density at radius 2 is 2.50 bits per heavy atom. The van der Waals surface area contributed by atoms with Crippen molar-refractivity contribution in [1.82, 2.24) is 5.01 Å². The van der Waals surface area contributed by atoms with Crippen molar-refractivity contribution in [1.29, 1.82) is 5.26 Å². The van der Waals surface area contributed by atoms with E-state index in [1.807, 2.05) is 0 Å². The third-order valence-corrected chi connectivity index (χ3v) is 2.43. The lowest BCUT2D eigenvalue weighted by atomic mass is 10.6. The van der Waals surface area contributed by atoms with Gasteiger partial charge in [0.05, 0.1) is 0 Å². The molecule has 0 aromatic carbocycles. The van der Waals surface area contributed by atoms with Crippen LogP contribution in [0.5, 0.6) is 0 Å². The van der Waals surface area contributed by atoms with Gasteiger partial charge >= 0.3 is 0 Å². The summed E-state index contributed by atoms with van der Waals surface area (Å²) >= 11 is 5.52. The second-order valence-electron chi connectivity index (χ2n) is 2.03. The summed E-state index contributed by atoms with van der Waals surface area (Å²) in [4.78, 5) is 3.56. The van der Waals surface area contributed by atoms with Gasteiger partial charge in [-0.15, -0.1) is 4.99 Å². The molecular weight excluding hydrogens is 192 g/mol. The number of amidine groups is 1. The van der Waals surface area contributed by atoms with E-state index in [-0.39, 0.29) is 0 Å². The summed E-state index contributed by atoms with van der Waals surface area (Å²) in [5.41, 5.74) is 0. The van der Waals surface area contributed by atoms with Gasteiger partial charge in [0.2, 0.25) is 6.19 Å². The molecule has 0 atom stereocenters. The first-order chi connectivity index (χ1) is 5.72. The summed E-state index contributed by atoms with van der Waals surface area (Å²) in [5.74, 6) is 7.13. The maximum atomic E-state index is 8.29. The van der Waals surface area contributed by atoms with Crippen molar-refractivity contribution in [3.8, 4) is 6.19 Å². The predicted octanol–water partition coefficient (Wildman–Crippen LogP) is 0.682. The summed E-state index contributed by atoms with van der Waals surface area (Å²) in [7, 11) is 1.66. The average Bonchev–Trinajstić information content (AvgIpc) is 2.03. The molecule has 12 heavy (non-hydrogen) atoms. The van der Waals surface area contributed by atoms with E-state index >= 15 is 0 Å². The highest BCUT2D eigenvalue weighted by Gasteiger charge is 2.01. The van der Waals surface area contributed by atoms with E-state index in [0.717, 1.165) is 17.9 Å². The van der Waals surface area contributed by atoms with Gasteiger partial charge in [-0.3, -0.25) is 5.01 Å². The van der Waals surface area contributed by atoms with Crippen LogP contribution in [0.3, 0.4) is 0 Å². The number of aliphatic imine (C=N–C) groups is 1. The highest BCUT2D eigenvalue weighted by molar-refractivity contribution is 8.13.